The lowest BCUT2D eigenvalue weighted by Crippen LogP contribution is -2.64. The maximum Gasteiger partial charge on any atom is 0.333 e. The molecule has 3 heteroatoms. The van der Waals surface area contributed by atoms with Gasteiger partial charge in [0.15, 0.2) is 0 Å². The van der Waals surface area contributed by atoms with E-state index in [1.165, 1.54) is 116 Å². The smallest absolute Gasteiger partial charge is 0.333 e. The van der Waals surface area contributed by atoms with E-state index in [0.717, 1.165) is 6.42 Å². The monoisotopic (exact) mass is 648 g/mol. The molecule has 0 radical (unpaired) electrons. The van der Waals surface area contributed by atoms with E-state index in [2.05, 4.69) is 153 Å². The molecular weight excluding hydrogens is 603 g/mol. The summed E-state index contributed by atoms with van der Waals surface area (Å²) >= 11 is 0. The molecule has 10 rings (SSSR count). The zero-order valence-corrected chi connectivity index (χ0v) is 29.9. The molecule has 0 spiro atoms. The lowest BCUT2D eigenvalue weighted by atomic mass is 9.43. The lowest BCUT2D eigenvalue weighted by Gasteiger charge is -2.53. The first-order chi connectivity index (χ1) is 24.4. The molecule has 3 aliphatic heterocycles. The zero-order chi connectivity index (χ0) is 33.8. The summed E-state index contributed by atoms with van der Waals surface area (Å²) in [5.41, 5.74) is 18.3. The van der Waals surface area contributed by atoms with Gasteiger partial charge in [0, 0.05) is 33.7 Å². The van der Waals surface area contributed by atoms with Crippen LogP contribution in [0, 0.1) is 6.92 Å². The van der Waals surface area contributed by atoms with Gasteiger partial charge >= 0.3 is 6.85 Å². The van der Waals surface area contributed by atoms with Crippen molar-refractivity contribution in [2.45, 2.75) is 83.6 Å². The normalized spacial score (nSPS) is 21.2. The molecule has 1 saturated carbocycles. The molecule has 0 amide bonds. The van der Waals surface area contributed by atoms with Crippen LogP contribution in [0.3, 0.4) is 0 Å². The standard InChI is InChI=1S/C47H45BN2/c1-5-6-17-32-25-40-45-41(26-32)48-44-39(38-27-33-18-11-12-19-34(33)29-42(38)50(48)36-20-8-7-9-21-36)28-35(37-22-13-10-16-31(37)2)30-43(44)49(45)47(4)24-15-14-23-46(40,47)3/h7-13,16,18-22,25-30H,5-6,14-15,17,23-24H2,1-4H3. The van der Waals surface area contributed by atoms with E-state index in [4.69, 9.17) is 0 Å². The van der Waals surface area contributed by atoms with E-state index in [1.54, 1.807) is 5.56 Å². The molecule has 3 heterocycles. The minimum Gasteiger partial charge on any atom is -0.376 e. The molecule has 2 atom stereocenters. The van der Waals surface area contributed by atoms with Crippen LogP contribution < -0.4 is 20.6 Å². The highest BCUT2D eigenvalue weighted by Gasteiger charge is 2.61. The second kappa shape index (κ2) is 10.9. The van der Waals surface area contributed by atoms with Gasteiger partial charge in [-0.2, -0.15) is 0 Å². The zero-order valence-electron chi connectivity index (χ0n) is 29.9. The van der Waals surface area contributed by atoms with Crippen LogP contribution >= 0.6 is 0 Å². The quantitative estimate of drug-likeness (QED) is 0.172. The summed E-state index contributed by atoms with van der Waals surface area (Å²) < 4.78 is 0. The van der Waals surface area contributed by atoms with E-state index in [0.29, 0.717) is 0 Å². The molecule has 246 valence electrons. The van der Waals surface area contributed by atoms with Crippen LogP contribution in [0.25, 0.3) is 33.0 Å². The number of nitrogens with zero attached hydrogens (tertiary/aromatic N) is 2. The van der Waals surface area contributed by atoms with Crippen molar-refractivity contribution in [3.05, 3.63) is 132 Å². The van der Waals surface area contributed by atoms with Gasteiger partial charge in [-0.15, -0.1) is 0 Å². The summed E-state index contributed by atoms with van der Waals surface area (Å²) in [6.45, 7) is 9.88. The van der Waals surface area contributed by atoms with Crippen LogP contribution in [0.2, 0.25) is 0 Å². The van der Waals surface area contributed by atoms with Gasteiger partial charge in [-0.1, -0.05) is 112 Å². The lowest BCUT2D eigenvalue weighted by molar-refractivity contribution is 0.195. The number of para-hydroxylation sites is 1. The molecule has 1 aliphatic carbocycles. The topological polar surface area (TPSA) is 6.48 Å². The van der Waals surface area contributed by atoms with Crippen molar-refractivity contribution in [1.82, 2.24) is 0 Å². The van der Waals surface area contributed by atoms with Gasteiger partial charge in [0.05, 0.1) is 5.54 Å². The summed E-state index contributed by atoms with van der Waals surface area (Å²) in [6.07, 6.45) is 8.59. The van der Waals surface area contributed by atoms with Gasteiger partial charge in [-0.05, 0) is 131 Å². The van der Waals surface area contributed by atoms with Crippen molar-refractivity contribution in [2.24, 2.45) is 0 Å². The molecule has 4 aliphatic rings. The predicted molar refractivity (Wildman–Crippen MR) is 215 cm³/mol. The van der Waals surface area contributed by atoms with Gasteiger partial charge in [-0.25, -0.2) is 0 Å². The first-order valence-electron chi connectivity index (χ1n) is 19.0. The van der Waals surface area contributed by atoms with Crippen molar-refractivity contribution in [2.75, 3.05) is 9.71 Å². The Bertz CT molecular complexity index is 2340. The van der Waals surface area contributed by atoms with Crippen molar-refractivity contribution in [1.29, 1.82) is 0 Å². The third kappa shape index (κ3) is 3.98. The fourth-order valence-corrected chi connectivity index (χ4v) is 10.5. The third-order valence-electron chi connectivity index (χ3n) is 13.2. The maximum absolute atomic E-state index is 2.88. The van der Waals surface area contributed by atoms with Gasteiger partial charge in [0.2, 0.25) is 0 Å². The SMILES string of the molecule is CCCCc1cc2c3c(c1)C1(C)CCCCC1(C)N3c1cc(-c3ccccc3C)cc3c1B2N(c1ccccc1)c1cc2ccccc2cc1-3. The number of unbranched alkanes of at least 4 members (excludes halogenated alkanes) is 1. The largest absolute Gasteiger partial charge is 0.376 e. The molecule has 1 fully saturated rings. The van der Waals surface area contributed by atoms with Gasteiger partial charge in [0.1, 0.15) is 0 Å². The Kier molecular flexibility index (Phi) is 6.54. The number of fused-ring (bicyclic) bond motifs is 8. The summed E-state index contributed by atoms with van der Waals surface area (Å²) in [5, 5.41) is 2.58. The van der Waals surface area contributed by atoms with Crippen molar-refractivity contribution >= 4 is 51.3 Å². The van der Waals surface area contributed by atoms with Crippen LogP contribution in [0.5, 0.6) is 0 Å². The van der Waals surface area contributed by atoms with E-state index in [1.807, 2.05) is 0 Å². The first-order valence-corrected chi connectivity index (χ1v) is 19.0. The summed E-state index contributed by atoms with van der Waals surface area (Å²) in [4.78, 5) is 5.58. The highest BCUT2D eigenvalue weighted by atomic mass is 15.3. The predicted octanol–water partition coefficient (Wildman–Crippen LogP) is 11.1. The Labute approximate surface area is 297 Å². The molecule has 0 N–H and O–H groups in total. The summed E-state index contributed by atoms with van der Waals surface area (Å²) in [5.74, 6) is 0. The second-order valence-corrected chi connectivity index (χ2v) is 15.9. The van der Waals surface area contributed by atoms with Gasteiger partial charge < -0.3 is 9.71 Å². The molecule has 50 heavy (non-hydrogen) atoms. The third-order valence-corrected chi connectivity index (χ3v) is 13.2. The average molecular weight is 649 g/mol. The van der Waals surface area contributed by atoms with Crippen LogP contribution in [0.15, 0.2) is 115 Å². The molecule has 2 unspecified atom stereocenters. The summed E-state index contributed by atoms with van der Waals surface area (Å²) in [6, 6.07) is 44.4. The highest BCUT2D eigenvalue weighted by molar-refractivity contribution is 6.93. The Morgan fingerprint density at radius 2 is 1.44 bits per heavy atom. The Balaban J connectivity index is 1.37. The average Bonchev–Trinajstić information content (AvgIpc) is 3.35. The number of aryl methyl sites for hydroxylation is 2. The first kappa shape index (κ1) is 30.1. The number of anilines is 4. The van der Waals surface area contributed by atoms with Gasteiger partial charge in [-0.3, -0.25) is 0 Å². The highest BCUT2D eigenvalue weighted by Crippen LogP contribution is 2.62. The van der Waals surface area contributed by atoms with Gasteiger partial charge in [0.25, 0.3) is 0 Å². The molecule has 6 aromatic carbocycles. The Morgan fingerprint density at radius 3 is 2.24 bits per heavy atom. The van der Waals surface area contributed by atoms with Crippen molar-refractivity contribution in [3.8, 4) is 22.3 Å². The number of rotatable bonds is 5. The summed E-state index contributed by atoms with van der Waals surface area (Å²) in [7, 11) is 0. The number of benzene rings is 6. The molecule has 0 bridgehead atoms. The molecule has 0 saturated heterocycles. The van der Waals surface area contributed by atoms with E-state index in [-0.39, 0.29) is 17.8 Å². The van der Waals surface area contributed by atoms with Crippen LogP contribution in [0.1, 0.15) is 76.0 Å². The second-order valence-electron chi connectivity index (χ2n) is 15.9. The fourth-order valence-electron chi connectivity index (χ4n) is 10.5. The van der Waals surface area contributed by atoms with Crippen molar-refractivity contribution in [3.63, 3.8) is 0 Å². The molecular formula is C47H45BN2. The minimum absolute atomic E-state index is 0.00392. The molecule has 2 nitrogen and oxygen atoms in total. The van der Waals surface area contributed by atoms with Crippen LogP contribution in [0.4, 0.5) is 22.7 Å². The van der Waals surface area contributed by atoms with Crippen LogP contribution in [-0.4, -0.2) is 12.4 Å². The molecule has 0 aromatic heterocycles. The minimum atomic E-state index is -0.00392. The molecule has 6 aromatic rings. The Morgan fingerprint density at radius 1 is 0.700 bits per heavy atom. The number of hydrogen-bond donors (Lipinski definition) is 0. The van der Waals surface area contributed by atoms with Crippen molar-refractivity contribution < 1.29 is 0 Å². The maximum atomic E-state index is 2.88. The Hall–Kier alpha value is -4.76. The van der Waals surface area contributed by atoms with E-state index >= 15 is 0 Å². The fraction of sp³-hybridized carbons (Fsp3) is 0.277. The van der Waals surface area contributed by atoms with Crippen LogP contribution in [-0.2, 0) is 11.8 Å². The number of hydrogen-bond acceptors (Lipinski definition) is 2. The van der Waals surface area contributed by atoms with E-state index < -0.39 is 0 Å². The van der Waals surface area contributed by atoms with E-state index in [9.17, 15) is 0 Å².